The number of rotatable bonds is 10. The molecular formula is C15H24FNO3. The zero-order chi connectivity index (χ0) is 14.8. The minimum atomic E-state index is -0.329. The van der Waals surface area contributed by atoms with Gasteiger partial charge in [-0.3, -0.25) is 0 Å². The van der Waals surface area contributed by atoms with Crippen LogP contribution in [0, 0.1) is 5.82 Å². The number of benzene rings is 1. The van der Waals surface area contributed by atoms with E-state index < -0.39 is 0 Å². The number of aliphatic hydroxyl groups is 1. The Labute approximate surface area is 120 Å². The third-order valence-corrected chi connectivity index (χ3v) is 2.98. The van der Waals surface area contributed by atoms with Gasteiger partial charge in [-0.15, -0.1) is 0 Å². The van der Waals surface area contributed by atoms with Gasteiger partial charge in [-0.25, -0.2) is 4.39 Å². The topological polar surface area (TPSA) is 41.9 Å². The van der Waals surface area contributed by atoms with E-state index in [9.17, 15) is 9.50 Å². The molecular weight excluding hydrogens is 261 g/mol. The summed E-state index contributed by atoms with van der Waals surface area (Å²) < 4.78 is 24.7. The molecule has 0 bridgehead atoms. The fourth-order valence-corrected chi connectivity index (χ4v) is 2.02. The van der Waals surface area contributed by atoms with Crippen LogP contribution in [0.3, 0.4) is 0 Å². The van der Waals surface area contributed by atoms with Gasteiger partial charge in [0.15, 0.2) is 0 Å². The number of anilines is 1. The first-order chi connectivity index (χ1) is 9.74. The van der Waals surface area contributed by atoms with Crippen LogP contribution in [0.1, 0.15) is 19.4 Å². The van der Waals surface area contributed by atoms with E-state index in [1.807, 2.05) is 18.7 Å². The smallest absolute Gasteiger partial charge is 0.146 e. The maximum atomic E-state index is 14.1. The predicted molar refractivity (Wildman–Crippen MR) is 77.5 cm³/mol. The van der Waals surface area contributed by atoms with Crippen molar-refractivity contribution in [3.8, 4) is 0 Å². The van der Waals surface area contributed by atoms with Crippen LogP contribution in [0.25, 0.3) is 0 Å². The molecule has 0 aromatic heterocycles. The van der Waals surface area contributed by atoms with E-state index in [0.29, 0.717) is 50.8 Å². The Morgan fingerprint density at radius 2 is 1.70 bits per heavy atom. The van der Waals surface area contributed by atoms with Crippen molar-refractivity contribution in [1.29, 1.82) is 0 Å². The Hall–Kier alpha value is -1.17. The molecule has 0 heterocycles. The number of hydrogen-bond acceptors (Lipinski definition) is 4. The Kier molecular flexibility index (Phi) is 8.18. The summed E-state index contributed by atoms with van der Waals surface area (Å²) in [6, 6.07) is 4.74. The first-order valence-electron chi connectivity index (χ1n) is 7.03. The van der Waals surface area contributed by atoms with Gasteiger partial charge >= 0.3 is 0 Å². The van der Waals surface area contributed by atoms with Gasteiger partial charge in [-0.2, -0.15) is 0 Å². The summed E-state index contributed by atoms with van der Waals surface area (Å²) in [5.41, 5.74) is 1.02. The Bertz CT molecular complexity index is 377. The Balaban J connectivity index is 2.84. The summed E-state index contributed by atoms with van der Waals surface area (Å²) >= 11 is 0. The molecule has 0 radical (unpaired) electrons. The molecule has 0 fully saturated rings. The molecule has 5 heteroatoms. The molecule has 0 saturated heterocycles. The van der Waals surface area contributed by atoms with E-state index in [4.69, 9.17) is 9.47 Å². The Morgan fingerprint density at radius 3 is 2.20 bits per heavy atom. The highest BCUT2D eigenvalue weighted by atomic mass is 19.1. The van der Waals surface area contributed by atoms with Crippen LogP contribution in [0.15, 0.2) is 18.2 Å². The third-order valence-electron chi connectivity index (χ3n) is 2.98. The third kappa shape index (κ3) is 5.07. The number of ether oxygens (including phenoxy) is 2. The van der Waals surface area contributed by atoms with Crippen molar-refractivity contribution in [3.05, 3.63) is 29.6 Å². The second-order valence-corrected chi connectivity index (χ2v) is 4.29. The van der Waals surface area contributed by atoms with Crippen molar-refractivity contribution in [1.82, 2.24) is 0 Å². The van der Waals surface area contributed by atoms with Crippen molar-refractivity contribution < 1.29 is 19.0 Å². The highest BCUT2D eigenvalue weighted by Crippen LogP contribution is 2.24. The van der Waals surface area contributed by atoms with E-state index in [0.717, 1.165) is 0 Å². The summed E-state index contributed by atoms with van der Waals surface area (Å²) in [6.45, 7) is 7.08. The molecule has 0 amide bonds. The standard InChI is InChI=1S/C15H24FNO3/c1-3-19-10-8-17(9-11-20-4-2)15-13(12-18)6-5-7-14(15)16/h5-7,18H,3-4,8-12H2,1-2H3. The van der Waals surface area contributed by atoms with Crippen molar-refractivity contribution >= 4 is 5.69 Å². The average Bonchev–Trinajstić information content (AvgIpc) is 2.46. The van der Waals surface area contributed by atoms with E-state index in [1.165, 1.54) is 6.07 Å². The molecule has 0 aliphatic heterocycles. The molecule has 1 N–H and O–H groups in total. The number of nitrogens with zero attached hydrogens (tertiary/aromatic N) is 1. The van der Waals surface area contributed by atoms with Gasteiger partial charge < -0.3 is 19.5 Å². The lowest BCUT2D eigenvalue weighted by atomic mass is 10.1. The lowest BCUT2D eigenvalue weighted by molar-refractivity contribution is 0.141. The van der Waals surface area contributed by atoms with E-state index in [1.54, 1.807) is 12.1 Å². The second kappa shape index (κ2) is 9.69. The van der Waals surface area contributed by atoms with Gasteiger partial charge in [0.25, 0.3) is 0 Å². The predicted octanol–water partition coefficient (Wildman–Crippen LogP) is 2.20. The van der Waals surface area contributed by atoms with Gasteiger partial charge in [0.1, 0.15) is 5.82 Å². The van der Waals surface area contributed by atoms with Crippen LogP contribution < -0.4 is 4.90 Å². The van der Waals surface area contributed by atoms with Gasteiger partial charge in [0, 0.05) is 31.9 Å². The molecule has 1 aromatic carbocycles. The normalized spacial score (nSPS) is 10.8. The first kappa shape index (κ1) is 16.9. The molecule has 0 spiro atoms. The summed E-state index contributed by atoms with van der Waals surface area (Å²) in [5.74, 6) is -0.329. The lowest BCUT2D eigenvalue weighted by Gasteiger charge is -2.27. The molecule has 0 unspecified atom stereocenters. The summed E-state index contributed by atoms with van der Waals surface area (Å²) in [6.07, 6.45) is 0. The SMILES string of the molecule is CCOCCN(CCOCC)c1c(F)cccc1CO. The highest BCUT2D eigenvalue weighted by Gasteiger charge is 2.15. The summed E-state index contributed by atoms with van der Waals surface area (Å²) in [4.78, 5) is 1.87. The highest BCUT2D eigenvalue weighted by molar-refractivity contribution is 5.54. The van der Waals surface area contributed by atoms with E-state index in [2.05, 4.69) is 0 Å². The number of halogens is 1. The maximum Gasteiger partial charge on any atom is 0.146 e. The van der Waals surface area contributed by atoms with Crippen molar-refractivity contribution in [2.24, 2.45) is 0 Å². The first-order valence-corrected chi connectivity index (χ1v) is 7.03. The van der Waals surface area contributed by atoms with E-state index in [-0.39, 0.29) is 12.4 Å². The van der Waals surface area contributed by atoms with Crippen LogP contribution in [0.2, 0.25) is 0 Å². The quantitative estimate of drug-likeness (QED) is 0.669. The molecule has 4 nitrogen and oxygen atoms in total. The van der Waals surface area contributed by atoms with Gasteiger partial charge in [0.2, 0.25) is 0 Å². The Morgan fingerprint density at radius 1 is 1.10 bits per heavy atom. The van der Waals surface area contributed by atoms with Crippen LogP contribution >= 0.6 is 0 Å². The monoisotopic (exact) mass is 285 g/mol. The average molecular weight is 285 g/mol. The minimum absolute atomic E-state index is 0.188. The fraction of sp³-hybridized carbons (Fsp3) is 0.600. The molecule has 0 aliphatic rings. The molecule has 20 heavy (non-hydrogen) atoms. The molecule has 114 valence electrons. The molecule has 0 atom stereocenters. The molecule has 1 aromatic rings. The summed E-state index contributed by atoms with van der Waals surface area (Å²) in [7, 11) is 0. The number of hydrogen-bond donors (Lipinski definition) is 1. The largest absolute Gasteiger partial charge is 0.392 e. The number of para-hydroxylation sites is 1. The van der Waals surface area contributed by atoms with Crippen LogP contribution in [-0.4, -0.2) is 44.6 Å². The number of aliphatic hydroxyl groups excluding tert-OH is 1. The lowest BCUT2D eigenvalue weighted by Crippen LogP contribution is -2.32. The molecule has 1 rings (SSSR count). The summed E-state index contributed by atoms with van der Waals surface area (Å²) in [5, 5.41) is 9.38. The second-order valence-electron chi connectivity index (χ2n) is 4.29. The van der Waals surface area contributed by atoms with Crippen molar-refractivity contribution in [3.63, 3.8) is 0 Å². The van der Waals surface area contributed by atoms with Crippen molar-refractivity contribution in [2.75, 3.05) is 44.4 Å². The maximum absolute atomic E-state index is 14.1. The zero-order valence-corrected chi connectivity index (χ0v) is 12.3. The van der Waals surface area contributed by atoms with Crippen LogP contribution in [0.4, 0.5) is 10.1 Å². The van der Waals surface area contributed by atoms with E-state index >= 15 is 0 Å². The van der Waals surface area contributed by atoms with Gasteiger partial charge in [-0.05, 0) is 19.9 Å². The molecule has 0 saturated carbocycles. The van der Waals surface area contributed by atoms with Crippen molar-refractivity contribution in [2.45, 2.75) is 20.5 Å². The molecule has 0 aliphatic carbocycles. The zero-order valence-electron chi connectivity index (χ0n) is 12.3. The van der Waals surface area contributed by atoms with Crippen LogP contribution in [0.5, 0.6) is 0 Å². The van der Waals surface area contributed by atoms with Crippen LogP contribution in [-0.2, 0) is 16.1 Å². The fourth-order valence-electron chi connectivity index (χ4n) is 2.02. The van der Waals surface area contributed by atoms with Gasteiger partial charge in [0.05, 0.1) is 25.5 Å². The van der Waals surface area contributed by atoms with Gasteiger partial charge in [-0.1, -0.05) is 12.1 Å². The minimum Gasteiger partial charge on any atom is -0.392 e.